The number of aryl methyl sites for hydroxylation is 1. The SMILES string of the molecule is CCc1ccnc(OCc2ccc(OC)cc2)c1. The first-order valence-electron chi connectivity index (χ1n) is 6.02. The number of hydrogen-bond acceptors (Lipinski definition) is 3. The van der Waals surface area contributed by atoms with Crippen LogP contribution in [0.2, 0.25) is 0 Å². The van der Waals surface area contributed by atoms with Crippen molar-refractivity contribution in [2.45, 2.75) is 20.0 Å². The van der Waals surface area contributed by atoms with E-state index in [1.807, 2.05) is 36.4 Å². The van der Waals surface area contributed by atoms with Crippen LogP contribution in [-0.2, 0) is 13.0 Å². The Kier molecular flexibility index (Phi) is 4.18. The van der Waals surface area contributed by atoms with Gasteiger partial charge in [-0.3, -0.25) is 0 Å². The summed E-state index contributed by atoms with van der Waals surface area (Å²) in [5.74, 6) is 1.52. The second kappa shape index (κ2) is 6.05. The molecule has 0 amide bonds. The van der Waals surface area contributed by atoms with Crippen molar-refractivity contribution in [2.75, 3.05) is 7.11 Å². The van der Waals surface area contributed by atoms with Crippen LogP contribution in [-0.4, -0.2) is 12.1 Å². The van der Waals surface area contributed by atoms with E-state index in [0.717, 1.165) is 17.7 Å². The number of aromatic nitrogens is 1. The van der Waals surface area contributed by atoms with Crippen LogP contribution in [0.4, 0.5) is 0 Å². The minimum Gasteiger partial charge on any atom is -0.497 e. The van der Waals surface area contributed by atoms with Gasteiger partial charge in [0.2, 0.25) is 5.88 Å². The Hall–Kier alpha value is -2.03. The Morgan fingerprint density at radius 3 is 2.50 bits per heavy atom. The second-order valence-corrected chi connectivity index (χ2v) is 3.99. The standard InChI is InChI=1S/C15H17NO2/c1-3-12-8-9-16-15(10-12)18-11-13-4-6-14(17-2)7-5-13/h4-10H,3,11H2,1-2H3. The van der Waals surface area contributed by atoms with Gasteiger partial charge in [-0.15, -0.1) is 0 Å². The smallest absolute Gasteiger partial charge is 0.213 e. The number of nitrogens with zero attached hydrogens (tertiary/aromatic N) is 1. The van der Waals surface area contributed by atoms with Gasteiger partial charge in [0.25, 0.3) is 0 Å². The van der Waals surface area contributed by atoms with Gasteiger partial charge in [0, 0.05) is 12.3 Å². The monoisotopic (exact) mass is 243 g/mol. The van der Waals surface area contributed by atoms with Crippen LogP contribution in [0.3, 0.4) is 0 Å². The highest BCUT2D eigenvalue weighted by molar-refractivity contribution is 5.27. The van der Waals surface area contributed by atoms with Crippen LogP contribution in [0.1, 0.15) is 18.1 Å². The van der Waals surface area contributed by atoms with Gasteiger partial charge in [-0.1, -0.05) is 19.1 Å². The van der Waals surface area contributed by atoms with Crippen LogP contribution >= 0.6 is 0 Å². The van der Waals surface area contributed by atoms with Crippen molar-refractivity contribution >= 4 is 0 Å². The van der Waals surface area contributed by atoms with Crippen LogP contribution in [0, 0.1) is 0 Å². The van der Waals surface area contributed by atoms with Crippen molar-refractivity contribution in [3.05, 3.63) is 53.7 Å². The third-order valence-electron chi connectivity index (χ3n) is 2.75. The lowest BCUT2D eigenvalue weighted by Gasteiger charge is -2.07. The molecular weight excluding hydrogens is 226 g/mol. The first-order chi connectivity index (χ1) is 8.81. The first kappa shape index (κ1) is 12.4. The summed E-state index contributed by atoms with van der Waals surface area (Å²) in [6, 6.07) is 11.8. The van der Waals surface area contributed by atoms with Gasteiger partial charge >= 0.3 is 0 Å². The molecule has 0 aliphatic rings. The maximum absolute atomic E-state index is 5.66. The number of hydrogen-bond donors (Lipinski definition) is 0. The van der Waals surface area contributed by atoms with E-state index in [4.69, 9.17) is 9.47 Å². The van der Waals surface area contributed by atoms with Crippen LogP contribution in [0.5, 0.6) is 11.6 Å². The van der Waals surface area contributed by atoms with Crippen molar-refractivity contribution in [1.82, 2.24) is 4.98 Å². The highest BCUT2D eigenvalue weighted by atomic mass is 16.5. The fourth-order valence-corrected chi connectivity index (χ4v) is 1.63. The molecule has 1 aromatic heterocycles. The molecule has 1 heterocycles. The Balaban J connectivity index is 1.97. The molecule has 2 rings (SSSR count). The third-order valence-corrected chi connectivity index (χ3v) is 2.75. The molecule has 94 valence electrons. The molecule has 3 nitrogen and oxygen atoms in total. The van der Waals surface area contributed by atoms with E-state index in [-0.39, 0.29) is 0 Å². The predicted octanol–water partition coefficient (Wildman–Crippen LogP) is 3.23. The summed E-state index contributed by atoms with van der Waals surface area (Å²) in [5.41, 5.74) is 2.33. The predicted molar refractivity (Wildman–Crippen MR) is 70.9 cm³/mol. The Labute approximate surface area is 107 Å². The maximum atomic E-state index is 5.66. The molecule has 0 saturated heterocycles. The maximum Gasteiger partial charge on any atom is 0.213 e. The van der Waals surface area contributed by atoms with Gasteiger partial charge < -0.3 is 9.47 Å². The largest absolute Gasteiger partial charge is 0.497 e. The summed E-state index contributed by atoms with van der Waals surface area (Å²) in [4.78, 5) is 4.19. The zero-order valence-corrected chi connectivity index (χ0v) is 10.7. The van der Waals surface area contributed by atoms with E-state index in [0.29, 0.717) is 12.5 Å². The van der Waals surface area contributed by atoms with E-state index >= 15 is 0 Å². The zero-order valence-electron chi connectivity index (χ0n) is 10.7. The first-order valence-corrected chi connectivity index (χ1v) is 6.02. The molecule has 0 aliphatic heterocycles. The molecule has 0 unspecified atom stereocenters. The highest BCUT2D eigenvalue weighted by Gasteiger charge is 1.99. The van der Waals surface area contributed by atoms with Gasteiger partial charge in [-0.25, -0.2) is 4.98 Å². The van der Waals surface area contributed by atoms with Crippen molar-refractivity contribution in [2.24, 2.45) is 0 Å². The van der Waals surface area contributed by atoms with E-state index in [9.17, 15) is 0 Å². The van der Waals surface area contributed by atoms with Gasteiger partial charge in [-0.05, 0) is 35.7 Å². The molecule has 0 saturated carbocycles. The Morgan fingerprint density at radius 1 is 1.06 bits per heavy atom. The fourth-order valence-electron chi connectivity index (χ4n) is 1.63. The van der Waals surface area contributed by atoms with E-state index < -0.39 is 0 Å². The summed E-state index contributed by atoms with van der Waals surface area (Å²) in [6.07, 6.45) is 2.77. The summed E-state index contributed by atoms with van der Waals surface area (Å²) in [5, 5.41) is 0. The minimum absolute atomic E-state index is 0.518. The van der Waals surface area contributed by atoms with Crippen LogP contribution in [0.25, 0.3) is 0 Å². The summed E-state index contributed by atoms with van der Waals surface area (Å²) >= 11 is 0. The average molecular weight is 243 g/mol. The molecule has 18 heavy (non-hydrogen) atoms. The average Bonchev–Trinajstić information content (AvgIpc) is 2.46. The quantitative estimate of drug-likeness (QED) is 0.808. The molecule has 1 aromatic carbocycles. The Bertz CT molecular complexity index is 494. The summed E-state index contributed by atoms with van der Waals surface area (Å²) < 4.78 is 10.8. The number of benzene rings is 1. The Morgan fingerprint density at radius 2 is 1.83 bits per heavy atom. The van der Waals surface area contributed by atoms with Gasteiger partial charge in [-0.2, -0.15) is 0 Å². The molecule has 0 N–H and O–H groups in total. The number of pyridine rings is 1. The molecule has 0 fully saturated rings. The molecule has 0 bridgehead atoms. The fraction of sp³-hybridized carbons (Fsp3) is 0.267. The molecule has 0 aliphatic carbocycles. The second-order valence-electron chi connectivity index (χ2n) is 3.99. The molecule has 2 aromatic rings. The van der Waals surface area contributed by atoms with Crippen molar-refractivity contribution < 1.29 is 9.47 Å². The lowest BCUT2D eigenvalue weighted by atomic mass is 10.2. The molecule has 0 atom stereocenters. The normalized spacial score (nSPS) is 10.1. The van der Waals surface area contributed by atoms with Crippen molar-refractivity contribution in [3.63, 3.8) is 0 Å². The topological polar surface area (TPSA) is 31.4 Å². The number of ether oxygens (including phenoxy) is 2. The lowest BCUT2D eigenvalue weighted by molar-refractivity contribution is 0.293. The number of rotatable bonds is 5. The summed E-state index contributed by atoms with van der Waals surface area (Å²) in [7, 11) is 1.66. The third kappa shape index (κ3) is 3.23. The van der Waals surface area contributed by atoms with Crippen LogP contribution in [0.15, 0.2) is 42.6 Å². The van der Waals surface area contributed by atoms with Crippen molar-refractivity contribution in [3.8, 4) is 11.6 Å². The van der Waals surface area contributed by atoms with Gasteiger partial charge in [0.05, 0.1) is 7.11 Å². The molecule has 0 spiro atoms. The molecule has 0 radical (unpaired) electrons. The zero-order chi connectivity index (χ0) is 12.8. The highest BCUT2D eigenvalue weighted by Crippen LogP contribution is 2.14. The molecular formula is C15H17NO2. The van der Waals surface area contributed by atoms with E-state index in [1.54, 1.807) is 13.3 Å². The van der Waals surface area contributed by atoms with Crippen molar-refractivity contribution in [1.29, 1.82) is 0 Å². The number of methoxy groups -OCH3 is 1. The molecule has 3 heteroatoms. The van der Waals surface area contributed by atoms with E-state index in [2.05, 4.69) is 11.9 Å². The minimum atomic E-state index is 0.518. The lowest BCUT2D eigenvalue weighted by Crippen LogP contribution is -1.97. The van der Waals surface area contributed by atoms with Crippen LogP contribution < -0.4 is 9.47 Å². The summed E-state index contributed by atoms with van der Waals surface area (Å²) in [6.45, 7) is 2.63. The van der Waals surface area contributed by atoms with E-state index in [1.165, 1.54) is 5.56 Å². The van der Waals surface area contributed by atoms with Gasteiger partial charge in [0.15, 0.2) is 0 Å². The van der Waals surface area contributed by atoms with Gasteiger partial charge in [0.1, 0.15) is 12.4 Å².